The molecule has 0 amide bonds. The highest BCUT2D eigenvalue weighted by Crippen LogP contribution is 2.24. The molecule has 0 unspecified atom stereocenters. The molecule has 0 bridgehead atoms. The summed E-state index contributed by atoms with van der Waals surface area (Å²) in [6.07, 6.45) is 4.31. The fraction of sp³-hybridized carbons (Fsp3) is 0.636. The Morgan fingerprint density at radius 1 is 1.56 bits per heavy atom. The van der Waals surface area contributed by atoms with Gasteiger partial charge in [-0.15, -0.1) is 0 Å². The first-order chi connectivity index (χ1) is 7.66. The lowest BCUT2D eigenvalue weighted by atomic mass is 10.4. The van der Waals surface area contributed by atoms with E-state index < -0.39 is 0 Å². The summed E-state index contributed by atoms with van der Waals surface area (Å²) in [7, 11) is 2.13. The number of hydrogen-bond acceptors (Lipinski definition) is 5. The molecule has 0 radical (unpaired) electrons. The summed E-state index contributed by atoms with van der Waals surface area (Å²) in [6.45, 7) is 3.48. The Labute approximate surface area is 95.6 Å². The molecule has 1 aromatic rings. The fourth-order valence-corrected chi connectivity index (χ4v) is 1.57. The molecule has 0 saturated heterocycles. The van der Waals surface area contributed by atoms with E-state index in [0.717, 1.165) is 18.2 Å². The van der Waals surface area contributed by atoms with Crippen LogP contribution >= 0.6 is 0 Å². The van der Waals surface area contributed by atoms with E-state index in [9.17, 15) is 0 Å². The summed E-state index contributed by atoms with van der Waals surface area (Å²) in [5, 5.41) is 0. The average molecular weight is 222 g/mol. The lowest BCUT2D eigenvalue weighted by Crippen LogP contribution is -2.26. The lowest BCUT2D eigenvalue weighted by molar-refractivity contribution is 0.225. The molecule has 5 heteroatoms. The number of nitrogens with zero attached hydrogens (tertiary/aromatic N) is 3. The van der Waals surface area contributed by atoms with Crippen LogP contribution < -0.4 is 10.5 Å². The minimum absolute atomic E-state index is 0.260. The summed E-state index contributed by atoms with van der Waals surface area (Å²) in [5.41, 5.74) is 6.42. The van der Waals surface area contributed by atoms with Crippen molar-refractivity contribution in [3.63, 3.8) is 0 Å². The van der Waals surface area contributed by atoms with Gasteiger partial charge in [-0.1, -0.05) is 0 Å². The quantitative estimate of drug-likeness (QED) is 0.799. The SMILES string of the molecule is Cc1cnc(N)nc1OCCN(C)C1CC1. The van der Waals surface area contributed by atoms with E-state index in [-0.39, 0.29) is 5.95 Å². The number of rotatable bonds is 5. The van der Waals surface area contributed by atoms with Crippen molar-refractivity contribution in [1.82, 2.24) is 14.9 Å². The fourth-order valence-electron chi connectivity index (χ4n) is 1.57. The van der Waals surface area contributed by atoms with E-state index >= 15 is 0 Å². The highest BCUT2D eigenvalue weighted by molar-refractivity contribution is 5.28. The third-order valence-corrected chi connectivity index (χ3v) is 2.80. The van der Waals surface area contributed by atoms with Crippen molar-refractivity contribution in [2.45, 2.75) is 25.8 Å². The Morgan fingerprint density at radius 2 is 2.31 bits per heavy atom. The van der Waals surface area contributed by atoms with E-state index in [1.165, 1.54) is 12.8 Å². The molecule has 88 valence electrons. The summed E-state index contributed by atoms with van der Waals surface area (Å²) in [6, 6.07) is 0.764. The van der Waals surface area contributed by atoms with Crippen molar-refractivity contribution >= 4 is 5.95 Å². The summed E-state index contributed by atoms with van der Waals surface area (Å²) in [4.78, 5) is 10.3. The van der Waals surface area contributed by atoms with Crippen molar-refractivity contribution < 1.29 is 4.74 Å². The first-order valence-corrected chi connectivity index (χ1v) is 5.59. The van der Waals surface area contributed by atoms with Gasteiger partial charge < -0.3 is 15.4 Å². The molecule has 1 aliphatic carbocycles. The van der Waals surface area contributed by atoms with Crippen LogP contribution in [-0.2, 0) is 0 Å². The smallest absolute Gasteiger partial charge is 0.223 e. The van der Waals surface area contributed by atoms with Crippen molar-refractivity contribution in [2.24, 2.45) is 0 Å². The third kappa shape index (κ3) is 2.82. The van der Waals surface area contributed by atoms with Gasteiger partial charge in [0.15, 0.2) is 0 Å². The van der Waals surface area contributed by atoms with Crippen molar-refractivity contribution in [2.75, 3.05) is 25.9 Å². The monoisotopic (exact) mass is 222 g/mol. The number of aromatic nitrogens is 2. The Morgan fingerprint density at radius 3 is 3.00 bits per heavy atom. The van der Waals surface area contributed by atoms with Crippen LogP contribution in [0.4, 0.5) is 5.95 Å². The predicted molar refractivity (Wildman–Crippen MR) is 62.3 cm³/mol. The Balaban J connectivity index is 1.81. The minimum atomic E-state index is 0.260. The van der Waals surface area contributed by atoms with Gasteiger partial charge in [0, 0.05) is 24.3 Å². The molecule has 2 N–H and O–H groups in total. The molecule has 1 saturated carbocycles. The molecule has 2 rings (SSSR count). The van der Waals surface area contributed by atoms with E-state index in [1.807, 2.05) is 6.92 Å². The maximum atomic E-state index is 5.59. The maximum Gasteiger partial charge on any atom is 0.223 e. The number of likely N-dealkylation sites (N-methyl/N-ethyl adjacent to an activating group) is 1. The molecule has 0 aliphatic heterocycles. The first-order valence-electron chi connectivity index (χ1n) is 5.59. The highest BCUT2D eigenvalue weighted by Gasteiger charge is 2.25. The van der Waals surface area contributed by atoms with Gasteiger partial charge in [0.1, 0.15) is 6.61 Å². The minimum Gasteiger partial charge on any atom is -0.476 e. The van der Waals surface area contributed by atoms with Gasteiger partial charge in [0.05, 0.1) is 0 Å². The molecule has 0 aromatic carbocycles. The van der Waals surface area contributed by atoms with Crippen molar-refractivity contribution in [3.8, 4) is 5.88 Å². The second-order valence-electron chi connectivity index (χ2n) is 4.28. The Kier molecular flexibility index (Phi) is 3.24. The van der Waals surface area contributed by atoms with Crippen molar-refractivity contribution in [1.29, 1.82) is 0 Å². The molecule has 1 aliphatic rings. The van der Waals surface area contributed by atoms with Crippen LogP contribution in [0.15, 0.2) is 6.20 Å². The molecule has 5 nitrogen and oxygen atoms in total. The standard InChI is InChI=1S/C11H18N4O/c1-8-7-13-11(12)14-10(8)16-6-5-15(2)9-3-4-9/h7,9H,3-6H2,1-2H3,(H2,12,13,14). The molecular weight excluding hydrogens is 204 g/mol. The molecule has 1 aromatic heterocycles. The summed E-state index contributed by atoms with van der Waals surface area (Å²) >= 11 is 0. The molecule has 0 spiro atoms. The normalized spacial score (nSPS) is 15.4. The van der Waals surface area contributed by atoms with E-state index in [2.05, 4.69) is 21.9 Å². The van der Waals surface area contributed by atoms with Gasteiger partial charge in [0.25, 0.3) is 0 Å². The Hall–Kier alpha value is -1.36. The Bertz CT molecular complexity index is 365. The second kappa shape index (κ2) is 4.65. The molecule has 0 atom stereocenters. The van der Waals surface area contributed by atoms with Gasteiger partial charge in [0.2, 0.25) is 11.8 Å². The number of nitrogens with two attached hydrogens (primary N) is 1. The zero-order valence-electron chi connectivity index (χ0n) is 9.81. The van der Waals surface area contributed by atoms with E-state index in [0.29, 0.717) is 12.5 Å². The van der Waals surface area contributed by atoms with Gasteiger partial charge in [-0.25, -0.2) is 4.98 Å². The number of aryl methyl sites for hydroxylation is 1. The van der Waals surface area contributed by atoms with Crippen LogP contribution in [0, 0.1) is 6.92 Å². The van der Waals surface area contributed by atoms with Crippen LogP contribution in [0.3, 0.4) is 0 Å². The maximum absolute atomic E-state index is 5.59. The van der Waals surface area contributed by atoms with Crippen molar-refractivity contribution in [3.05, 3.63) is 11.8 Å². The van der Waals surface area contributed by atoms with Gasteiger partial charge in [-0.3, -0.25) is 0 Å². The lowest BCUT2D eigenvalue weighted by Gasteiger charge is -2.16. The summed E-state index contributed by atoms with van der Waals surface area (Å²) in [5.74, 6) is 0.854. The van der Waals surface area contributed by atoms with E-state index in [1.54, 1.807) is 6.20 Å². The largest absolute Gasteiger partial charge is 0.476 e. The number of hydrogen-bond donors (Lipinski definition) is 1. The van der Waals surface area contributed by atoms with Gasteiger partial charge >= 0.3 is 0 Å². The van der Waals surface area contributed by atoms with Crippen LogP contribution in [0.2, 0.25) is 0 Å². The van der Waals surface area contributed by atoms with Crippen LogP contribution in [0.1, 0.15) is 18.4 Å². The first kappa shape index (κ1) is 11.1. The van der Waals surface area contributed by atoms with Gasteiger partial charge in [-0.2, -0.15) is 4.98 Å². The average Bonchev–Trinajstić information content (AvgIpc) is 3.06. The van der Waals surface area contributed by atoms with Crippen LogP contribution in [0.25, 0.3) is 0 Å². The third-order valence-electron chi connectivity index (χ3n) is 2.80. The molecule has 1 fully saturated rings. The van der Waals surface area contributed by atoms with Gasteiger partial charge in [-0.05, 0) is 26.8 Å². The second-order valence-corrected chi connectivity index (χ2v) is 4.28. The molecule has 16 heavy (non-hydrogen) atoms. The van der Waals surface area contributed by atoms with Crippen LogP contribution in [0.5, 0.6) is 5.88 Å². The predicted octanol–water partition coefficient (Wildman–Crippen LogP) is 0.840. The molecular formula is C11H18N4O. The summed E-state index contributed by atoms with van der Waals surface area (Å²) < 4.78 is 5.59. The zero-order chi connectivity index (χ0) is 11.5. The number of anilines is 1. The zero-order valence-corrected chi connectivity index (χ0v) is 9.81. The van der Waals surface area contributed by atoms with E-state index in [4.69, 9.17) is 10.5 Å². The highest BCUT2D eigenvalue weighted by atomic mass is 16.5. The van der Waals surface area contributed by atoms with Crippen LogP contribution in [-0.4, -0.2) is 41.1 Å². The number of ether oxygens (including phenoxy) is 1. The number of nitrogen functional groups attached to an aromatic ring is 1. The topological polar surface area (TPSA) is 64.3 Å². The molecule has 1 heterocycles.